The zero-order valence-corrected chi connectivity index (χ0v) is 13.2. The molecule has 0 radical (unpaired) electrons. The van der Waals surface area contributed by atoms with Gasteiger partial charge in [0.15, 0.2) is 5.82 Å². The van der Waals surface area contributed by atoms with Crippen LogP contribution in [-0.2, 0) is 0 Å². The first-order valence-electron chi connectivity index (χ1n) is 5.21. The minimum absolute atomic E-state index is 0.367. The average Bonchev–Trinajstić information content (AvgIpc) is 2.77. The van der Waals surface area contributed by atoms with E-state index in [-0.39, 0.29) is 0 Å². The van der Waals surface area contributed by atoms with E-state index in [0.29, 0.717) is 32.6 Å². The van der Waals surface area contributed by atoms with Crippen LogP contribution >= 0.6 is 50.5 Å². The number of anilines is 1. The average molecular weight is 375 g/mol. The minimum atomic E-state index is 0.367. The van der Waals surface area contributed by atoms with Crippen LogP contribution in [0.15, 0.2) is 27.4 Å². The van der Waals surface area contributed by atoms with Crippen LogP contribution in [0.3, 0.4) is 0 Å². The smallest absolute Gasteiger partial charge is 0.163 e. The topological polar surface area (TPSA) is 51.8 Å². The van der Waals surface area contributed by atoms with Crippen molar-refractivity contribution < 1.29 is 0 Å². The predicted octanol–water partition coefficient (Wildman–Crippen LogP) is 5.01. The number of hydrogen-bond acceptors (Lipinski definition) is 4. The zero-order valence-electron chi connectivity index (χ0n) is 9.32. The van der Waals surface area contributed by atoms with E-state index in [1.54, 1.807) is 23.5 Å². The van der Waals surface area contributed by atoms with E-state index >= 15 is 0 Å². The molecule has 0 bridgehead atoms. The lowest BCUT2D eigenvalue weighted by molar-refractivity contribution is 1.24. The number of nitrogen functional groups attached to an aromatic ring is 1. The van der Waals surface area contributed by atoms with Crippen molar-refractivity contribution in [2.45, 2.75) is 0 Å². The monoisotopic (exact) mass is 373 g/mol. The number of hydrogen-bond donors (Lipinski definition) is 1. The summed E-state index contributed by atoms with van der Waals surface area (Å²) in [4.78, 5) is 8.77. The highest BCUT2D eigenvalue weighted by molar-refractivity contribution is 9.11. The van der Waals surface area contributed by atoms with Gasteiger partial charge in [0.1, 0.15) is 5.82 Å². The number of thiophene rings is 1. The largest absolute Gasteiger partial charge is 0.383 e. The molecule has 2 N–H and O–H groups in total. The number of benzene rings is 1. The second-order valence-corrected chi connectivity index (χ2v) is 6.99. The third-order valence-electron chi connectivity index (χ3n) is 2.57. The molecular weight excluding hydrogens is 369 g/mol. The Bertz CT molecular complexity index is 788. The molecule has 2 heterocycles. The van der Waals surface area contributed by atoms with Gasteiger partial charge in [0.25, 0.3) is 0 Å². The summed E-state index contributed by atoms with van der Waals surface area (Å²) in [6.07, 6.45) is 0. The van der Waals surface area contributed by atoms with Crippen LogP contribution < -0.4 is 5.73 Å². The van der Waals surface area contributed by atoms with E-state index in [1.165, 1.54) is 0 Å². The lowest BCUT2D eigenvalue weighted by atomic mass is 10.2. The van der Waals surface area contributed by atoms with Crippen LogP contribution in [0.1, 0.15) is 0 Å². The Morgan fingerprint density at radius 3 is 2.63 bits per heavy atom. The molecule has 0 aliphatic carbocycles. The summed E-state index contributed by atoms with van der Waals surface area (Å²) < 4.78 is 1.01. The summed E-state index contributed by atoms with van der Waals surface area (Å²) in [7, 11) is 0. The summed E-state index contributed by atoms with van der Waals surface area (Å²) in [5.74, 6) is 0.919. The van der Waals surface area contributed by atoms with E-state index in [2.05, 4.69) is 25.9 Å². The van der Waals surface area contributed by atoms with Gasteiger partial charge in [-0.3, -0.25) is 0 Å². The SMILES string of the molecule is Nc1nc(-c2csc(Br)c2)nc2c(Cl)cc(Cl)cc12. The first kappa shape index (κ1) is 13.1. The van der Waals surface area contributed by atoms with Crippen molar-refractivity contribution in [3.05, 3.63) is 37.4 Å². The minimum Gasteiger partial charge on any atom is -0.383 e. The Hall–Kier alpha value is -0.880. The van der Waals surface area contributed by atoms with Gasteiger partial charge in [0, 0.05) is 21.4 Å². The highest BCUT2D eigenvalue weighted by atomic mass is 79.9. The van der Waals surface area contributed by atoms with Gasteiger partial charge in [0.05, 0.1) is 14.3 Å². The summed E-state index contributed by atoms with van der Waals surface area (Å²) >= 11 is 17.1. The third kappa shape index (κ3) is 2.43. The van der Waals surface area contributed by atoms with Crippen molar-refractivity contribution in [1.29, 1.82) is 0 Å². The fraction of sp³-hybridized carbons (Fsp3) is 0. The van der Waals surface area contributed by atoms with Gasteiger partial charge in [0.2, 0.25) is 0 Å². The first-order chi connectivity index (χ1) is 9.04. The molecule has 0 spiro atoms. The van der Waals surface area contributed by atoms with Crippen LogP contribution in [0.4, 0.5) is 5.82 Å². The van der Waals surface area contributed by atoms with Gasteiger partial charge in [-0.25, -0.2) is 9.97 Å². The summed E-state index contributed by atoms with van der Waals surface area (Å²) in [5.41, 5.74) is 7.47. The Morgan fingerprint density at radius 1 is 1.16 bits per heavy atom. The Kier molecular flexibility index (Phi) is 3.39. The molecule has 3 nitrogen and oxygen atoms in total. The van der Waals surface area contributed by atoms with Gasteiger partial charge in [-0.15, -0.1) is 11.3 Å². The normalized spacial score (nSPS) is 11.1. The van der Waals surface area contributed by atoms with Crippen molar-refractivity contribution >= 4 is 67.2 Å². The van der Waals surface area contributed by atoms with E-state index in [9.17, 15) is 0 Å². The van der Waals surface area contributed by atoms with Crippen LogP contribution in [0, 0.1) is 0 Å². The number of nitrogens with zero attached hydrogens (tertiary/aromatic N) is 2. The molecule has 0 aliphatic rings. The molecule has 19 heavy (non-hydrogen) atoms. The van der Waals surface area contributed by atoms with E-state index in [0.717, 1.165) is 9.35 Å². The summed E-state index contributed by atoms with van der Waals surface area (Å²) in [5, 5.41) is 3.59. The van der Waals surface area contributed by atoms with Gasteiger partial charge in [-0.1, -0.05) is 23.2 Å². The number of rotatable bonds is 1. The number of halogens is 3. The molecular formula is C12H6BrCl2N3S. The predicted molar refractivity (Wildman–Crippen MR) is 85.0 cm³/mol. The van der Waals surface area contributed by atoms with Gasteiger partial charge in [-0.05, 0) is 34.1 Å². The van der Waals surface area contributed by atoms with Crippen LogP contribution in [0.2, 0.25) is 10.0 Å². The third-order valence-corrected chi connectivity index (χ3v) is 4.58. The van der Waals surface area contributed by atoms with Crippen molar-refractivity contribution in [1.82, 2.24) is 9.97 Å². The van der Waals surface area contributed by atoms with Crippen LogP contribution in [0.25, 0.3) is 22.3 Å². The quantitative estimate of drug-likeness (QED) is 0.651. The summed E-state index contributed by atoms with van der Waals surface area (Å²) in [6, 6.07) is 5.30. The first-order valence-corrected chi connectivity index (χ1v) is 7.64. The molecule has 0 fully saturated rings. The molecule has 0 amide bonds. The lowest BCUT2D eigenvalue weighted by Gasteiger charge is -2.06. The molecule has 96 valence electrons. The molecule has 0 aliphatic heterocycles. The van der Waals surface area contributed by atoms with Gasteiger partial charge in [-0.2, -0.15) is 0 Å². The van der Waals surface area contributed by atoms with Crippen molar-refractivity contribution in [3.63, 3.8) is 0 Å². The van der Waals surface area contributed by atoms with Crippen LogP contribution in [-0.4, -0.2) is 9.97 Å². The van der Waals surface area contributed by atoms with Gasteiger partial charge >= 0.3 is 0 Å². The maximum absolute atomic E-state index is 6.16. The maximum atomic E-state index is 6.16. The molecule has 2 aromatic heterocycles. The molecule has 0 unspecified atom stereocenters. The number of nitrogens with two attached hydrogens (primary N) is 1. The van der Waals surface area contributed by atoms with E-state index < -0.39 is 0 Å². The second kappa shape index (κ2) is 4.90. The Morgan fingerprint density at radius 2 is 1.95 bits per heavy atom. The second-order valence-electron chi connectivity index (χ2n) is 3.86. The molecule has 7 heteroatoms. The highest BCUT2D eigenvalue weighted by Crippen LogP contribution is 2.33. The van der Waals surface area contributed by atoms with Crippen molar-refractivity contribution in [2.75, 3.05) is 5.73 Å². The van der Waals surface area contributed by atoms with E-state index in [4.69, 9.17) is 28.9 Å². The standard InChI is InChI=1S/C12H6BrCl2N3S/c13-9-1-5(4-19-9)12-17-10-7(11(16)18-12)2-6(14)3-8(10)15/h1-4H,(H2,16,17,18). The fourth-order valence-electron chi connectivity index (χ4n) is 1.74. The molecule has 0 atom stereocenters. The fourth-order valence-corrected chi connectivity index (χ4v) is 3.41. The Balaban J connectivity index is 2.30. The molecule has 3 aromatic rings. The van der Waals surface area contributed by atoms with Crippen LogP contribution in [0.5, 0.6) is 0 Å². The highest BCUT2D eigenvalue weighted by Gasteiger charge is 2.12. The maximum Gasteiger partial charge on any atom is 0.163 e. The lowest BCUT2D eigenvalue weighted by Crippen LogP contribution is -1.97. The Labute approximate surface area is 131 Å². The summed E-state index contributed by atoms with van der Waals surface area (Å²) in [6.45, 7) is 0. The number of fused-ring (bicyclic) bond motifs is 1. The van der Waals surface area contributed by atoms with Gasteiger partial charge < -0.3 is 5.73 Å². The van der Waals surface area contributed by atoms with Crippen molar-refractivity contribution in [2.24, 2.45) is 0 Å². The molecule has 0 saturated heterocycles. The molecule has 3 rings (SSSR count). The molecule has 0 saturated carbocycles. The number of aromatic nitrogens is 2. The molecule has 1 aromatic carbocycles. The van der Waals surface area contributed by atoms with E-state index in [1.807, 2.05) is 11.4 Å². The zero-order chi connectivity index (χ0) is 13.6. The van der Waals surface area contributed by atoms with Crippen molar-refractivity contribution in [3.8, 4) is 11.4 Å².